The lowest BCUT2D eigenvalue weighted by Crippen LogP contribution is -2.38. The monoisotopic (exact) mass is 499 g/mol. The Morgan fingerprint density at radius 1 is 1.23 bits per heavy atom. The summed E-state index contributed by atoms with van der Waals surface area (Å²) in [5.74, 6) is 0.459. The van der Waals surface area contributed by atoms with Gasteiger partial charge in [-0.15, -0.1) is 6.58 Å². The largest absolute Gasteiger partial charge is 0.493 e. The molecule has 1 N–H and O–H groups in total. The van der Waals surface area contributed by atoms with E-state index in [1.807, 2.05) is 25.7 Å². The summed E-state index contributed by atoms with van der Waals surface area (Å²) < 4.78 is 11.2. The third-order valence-corrected chi connectivity index (χ3v) is 5.78. The Bertz CT molecular complexity index is 1040. The zero-order chi connectivity index (χ0) is 25.4. The number of aromatic nitrogens is 1. The third kappa shape index (κ3) is 8.28. The molecule has 1 aromatic heterocycles. The van der Waals surface area contributed by atoms with Crippen molar-refractivity contribution in [1.82, 2.24) is 9.88 Å². The minimum absolute atomic E-state index is 0.0632. The minimum atomic E-state index is -0.579. The Labute approximate surface area is 212 Å². The van der Waals surface area contributed by atoms with Crippen molar-refractivity contribution in [3.05, 3.63) is 65.5 Å². The van der Waals surface area contributed by atoms with Gasteiger partial charge in [-0.25, -0.2) is 4.79 Å². The van der Waals surface area contributed by atoms with E-state index >= 15 is 0 Å². The van der Waals surface area contributed by atoms with Crippen LogP contribution in [0.15, 0.2) is 49.2 Å². The van der Waals surface area contributed by atoms with Crippen LogP contribution in [0.3, 0.4) is 0 Å². The quantitative estimate of drug-likeness (QED) is 0.411. The number of amides is 2. The Morgan fingerprint density at radius 3 is 2.66 bits per heavy atom. The first-order valence-corrected chi connectivity index (χ1v) is 12.3. The molecule has 0 unspecified atom stereocenters. The summed E-state index contributed by atoms with van der Waals surface area (Å²) in [6.07, 6.45) is 7.66. The second-order valence-electron chi connectivity index (χ2n) is 9.62. The van der Waals surface area contributed by atoms with Gasteiger partial charge in [0, 0.05) is 47.2 Å². The fraction of sp³-hybridized carbons (Fsp3) is 0.444. The summed E-state index contributed by atoms with van der Waals surface area (Å²) in [5.41, 5.74) is 1.26. The summed E-state index contributed by atoms with van der Waals surface area (Å²) in [6.45, 7) is 10.1. The van der Waals surface area contributed by atoms with E-state index in [0.29, 0.717) is 41.6 Å². The van der Waals surface area contributed by atoms with Crippen LogP contribution in [0, 0.1) is 0 Å². The highest BCUT2D eigenvalue weighted by Crippen LogP contribution is 2.27. The molecule has 1 aromatic carbocycles. The fourth-order valence-electron chi connectivity index (χ4n) is 4.08. The molecule has 35 heavy (non-hydrogen) atoms. The minimum Gasteiger partial charge on any atom is -0.493 e. The van der Waals surface area contributed by atoms with E-state index in [4.69, 9.17) is 21.1 Å². The number of ether oxygens (including phenoxy) is 2. The molecule has 0 saturated heterocycles. The number of rotatable bonds is 9. The molecule has 0 atom stereocenters. The normalized spacial score (nSPS) is 13.8. The molecule has 1 aliphatic rings. The van der Waals surface area contributed by atoms with Crippen LogP contribution < -0.4 is 10.1 Å². The Morgan fingerprint density at radius 2 is 1.97 bits per heavy atom. The molecule has 2 aromatic rings. The molecule has 0 bridgehead atoms. The fourth-order valence-corrected chi connectivity index (χ4v) is 4.30. The number of pyridine rings is 1. The first-order chi connectivity index (χ1) is 16.6. The molecule has 0 aliphatic heterocycles. The summed E-state index contributed by atoms with van der Waals surface area (Å²) in [4.78, 5) is 31.5. The molecular formula is C27H34ClN3O4. The molecule has 0 radical (unpaired) electrons. The maximum Gasteiger partial charge on any atom is 0.412 e. The Hall–Kier alpha value is -3.06. The van der Waals surface area contributed by atoms with Gasteiger partial charge in [0.15, 0.2) is 0 Å². The lowest BCUT2D eigenvalue weighted by atomic mass is 10.1. The van der Waals surface area contributed by atoms with Gasteiger partial charge in [-0.05, 0) is 63.9 Å². The number of hydrogen-bond acceptors (Lipinski definition) is 5. The molecule has 8 heteroatoms. The van der Waals surface area contributed by atoms with Gasteiger partial charge < -0.3 is 14.4 Å². The van der Waals surface area contributed by atoms with Crippen LogP contribution in [-0.2, 0) is 11.2 Å². The van der Waals surface area contributed by atoms with Crippen molar-refractivity contribution in [3.63, 3.8) is 0 Å². The van der Waals surface area contributed by atoms with Gasteiger partial charge >= 0.3 is 6.09 Å². The number of benzene rings is 1. The maximum atomic E-state index is 13.2. The maximum absolute atomic E-state index is 13.2. The summed E-state index contributed by atoms with van der Waals surface area (Å²) >= 11 is 6.31. The summed E-state index contributed by atoms with van der Waals surface area (Å²) in [6, 6.07) is 8.80. The average Bonchev–Trinajstić information content (AvgIpc) is 3.30. The number of nitrogens with one attached hydrogen (secondary N) is 1. The standard InChI is InChI=1S/C27H34ClN3O4/c1-5-13-31(23-8-6-7-9-23)25(32)19-15-20(28)17-24(16-19)34-14-11-21-18-22(10-12-29-21)30-26(33)35-27(2,3)4/h5,10,12,15-18,23H,1,6-9,11,13-14H2,2-4H3,(H,29,30,33). The predicted molar refractivity (Wildman–Crippen MR) is 138 cm³/mol. The van der Waals surface area contributed by atoms with Gasteiger partial charge in [0.1, 0.15) is 11.4 Å². The van der Waals surface area contributed by atoms with Gasteiger partial charge in [0.25, 0.3) is 5.91 Å². The van der Waals surface area contributed by atoms with E-state index in [1.165, 1.54) is 0 Å². The van der Waals surface area contributed by atoms with Gasteiger partial charge in [-0.3, -0.25) is 15.1 Å². The molecule has 7 nitrogen and oxygen atoms in total. The summed E-state index contributed by atoms with van der Waals surface area (Å²) in [7, 11) is 0. The van der Waals surface area contributed by atoms with Crippen molar-refractivity contribution in [2.24, 2.45) is 0 Å². The molecule has 3 rings (SSSR count). The highest BCUT2D eigenvalue weighted by atomic mass is 35.5. The van der Waals surface area contributed by atoms with E-state index in [2.05, 4.69) is 16.9 Å². The van der Waals surface area contributed by atoms with Crippen molar-refractivity contribution >= 4 is 29.3 Å². The van der Waals surface area contributed by atoms with Crippen molar-refractivity contribution in [1.29, 1.82) is 0 Å². The van der Waals surface area contributed by atoms with Crippen LogP contribution in [0.4, 0.5) is 10.5 Å². The zero-order valence-electron chi connectivity index (χ0n) is 20.7. The first kappa shape index (κ1) is 26.5. The number of carbonyl (C=O) groups excluding carboxylic acids is 2. The summed E-state index contributed by atoms with van der Waals surface area (Å²) in [5, 5.41) is 3.15. The molecule has 1 heterocycles. The number of carbonyl (C=O) groups is 2. The molecule has 0 spiro atoms. The van der Waals surface area contributed by atoms with Crippen molar-refractivity contribution in [2.45, 2.75) is 64.5 Å². The number of halogens is 1. The van der Waals surface area contributed by atoms with E-state index < -0.39 is 11.7 Å². The predicted octanol–water partition coefficient (Wildman–Crippen LogP) is 6.27. The van der Waals surface area contributed by atoms with Gasteiger partial charge in [-0.2, -0.15) is 0 Å². The van der Waals surface area contributed by atoms with Gasteiger partial charge in [0.2, 0.25) is 0 Å². The second kappa shape index (κ2) is 12.1. The van der Waals surface area contributed by atoms with Crippen molar-refractivity contribution in [2.75, 3.05) is 18.5 Å². The highest BCUT2D eigenvalue weighted by Gasteiger charge is 2.27. The molecule has 188 valence electrons. The van der Waals surface area contributed by atoms with Crippen molar-refractivity contribution in [3.8, 4) is 5.75 Å². The lowest BCUT2D eigenvalue weighted by molar-refractivity contribution is 0.0634. The van der Waals surface area contributed by atoms with E-state index in [9.17, 15) is 9.59 Å². The van der Waals surface area contributed by atoms with Crippen LogP contribution in [0.5, 0.6) is 5.75 Å². The number of hydrogen-bond donors (Lipinski definition) is 1. The SMILES string of the molecule is C=CCN(C(=O)c1cc(Cl)cc(OCCc2cc(NC(=O)OC(C)(C)C)ccn2)c1)C1CCCC1. The van der Waals surface area contributed by atoms with Gasteiger partial charge in [-0.1, -0.05) is 30.5 Å². The van der Waals surface area contributed by atoms with Crippen LogP contribution in [-0.4, -0.2) is 46.7 Å². The van der Waals surface area contributed by atoms with Crippen LogP contribution in [0.2, 0.25) is 5.02 Å². The van der Waals surface area contributed by atoms with Gasteiger partial charge in [0.05, 0.1) is 6.61 Å². The molecule has 1 aliphatic carbocycles. The van der Waals surface area contributed by atoms with E-state index in [1.54, 1.807) is 42.6 Å². The molecule has 2 amide bonds. The lowest BCUT2D eigenvalue weighted by Gasteiger charge is -2.28. The van der Waals surface area contributed by atoms with Crippen LogP contribution in [0.1, 0.15) is 62.5 Å². The zero-order valence-corrected chi connectivity index (χ0v) is 21.4. The first-order valence-electron chi connectivity index (χ1n) is 11.9. The third-order valence-electron chi connectivity index (χ3n) is 5.56. The molecule has 1 saturated carbocycles. The number of nitrogens with zero attached hydrogens (tertiary/aromatic N) is 2. The molecule has 1 fully saturated rings. The highest BCUT2D eigenvalue weighted by molar-refractivity contribution is 6.31. The van der Waals surface area contributed by atoms with E-state index in [0.717, 1.165) is 31.4 Å². The second-order valence-corrected chi connectivity index (χ2v) is 10.1. The van der Waals surface area contributed by atoms with Crippen molar-refractivity contribution < 1.29 is 19.1 Å². The number of anilines is 1. The van der Waals surface area contributed by atoms with Crippen LogP contribution >= 0.6 is 11.6 Å². The topological polar surface area (TPSA) is 80.8 Å². The Kier molecular flexibility index (Phi) is 9.15. The van der Waals surface area contributed by atoms with Crippen LogP contribution in [0.25, 0.3) is 0 Å². The Balaban J connectivity index is 1.61. The van der Waals surface area contributed by atoms with E-state index in [-0.39, 0.29) is 11.9 Å². The molecular weight excluding hydrogens is 466 g/mol. The average molecular weight is 500 g/mol. The smallest absolute Gasteiger partial charge is 0.412 e.